The molecule has 2 aliphatic rings. The number of nitrogens with zero attached hydrogens (tertiary/aromatic N) is 4. The maximum absolute atomic E-state index is 16.5. The van der Waals surface area contributed by atoms with Crippen molar-refractivity contribution in [1.82, 2.24) is 19.8 Å². The van der Waals surface area contributed by atoms with Crippen LogP contribution in [0.3, 0.4) is 0 Å². The second-order valence-electron chi connectivity index (χ2n) is 10.9. The number of carbonyl (C=O) groups is 4. The minimum absolute atomic E-state index is 0.0569. The summed E-state index contributed by atoms with van der Waals surface area (Å²) in [6, 6.07) is 1.40. The molecule has 0 atom stereocenters. The van der Waals surface area contributed by atoms with E-state index in [0.29, 0.717) is 50.4 Å². The lowest BCUT2D eigenvalue weighted by atomic mass is 9.71. The highest BCUT2D eigenvalue weighted by Crippen LogP contribution is 2.41. The van der Waals surface area contributed by atoms with Crippen LogP contribution >= 0.6 is 0 Å². The summed E-state index contributed by atoms with van der Waals surface area (Å²) in [6.07, 6.45) is 1.45. The van der Waals surface area contributed by atoms with E-state index in [9.17, 15) is 29.4 Å². The molecule has 1 saturated carbocycles. The van der Waals surface area contributed by atoms with Crippen LogP contribution in [0.15, 0.2) is 12.1 Å². The number of benzene rings is 1. The number of carboxylic acid groups (broad SMARTS) is 2. The Morgan fingerprint density at radius 1 is 1.17 bits per heavy atom. The van der Waals surface area contributed by atoms with Gasteiger partial charge < -0.3 is 30.1 Å². The van der Waals surface area contributed by atoms with Crippen molar-refractivity contribution >= 4 is 46.2 Å². The number of carbonyl (C=O) groups excluding carboxylic acids is 2. The molecule has 1 aromatic heterocycles. The van der Waals surface area contributed by atoms with Gasteiger partial charge in [0.25, 0.3) is 0 Å². The number of nitrogens with one attached hydrogen (secondary N) is 1. The normalized spacial score (nSPS) is 22.0. The number of imidazole rings is 1. The van der Waals surface area contributed by atoms with Gasteiger partial charge in [-0.05, 0) is 50.8 Å². The predicted octanol–water partition coefficient (Wildman–Crippen LogP) is 3.12. The van der Waals surface area contributed by atoms with Crippen molar-refractivity contribution in [3.63, 3.8) is 0 Å². The summed E-state index contributed by atoms with van der Waals surface area (Å²) < 4.78 is 22.0. The lowest BCUT2D eigenvalue weighted by Gasteiger charge is -2.36. The van der Waals surface area contributed by atoms with E-state index < -0.39 is 40.7 Å². The molecule has 4 rings (SSSR count). The number of fused-ring (bicyclic) bond motifs is 1. The largest absolute Gasteiger partial charge is 0.478 e. The molecule has 41 heavy (non-hydrogen) atoms. The minimum atomic E-state index is -1.64. The molecule has 2 heterocycles. The number of hydrogen-bond acceptors (Lipinski definition) is 8. The fourth-order valence-corrected chi connectivity index (χ4v) is 5.83. The van der Waals surface area contributed by atoms with Crippen LogP contribution in [-0.2, 0) is 14.3 Å². The summed E-state index contributed by atoms with van der Waals surface area (Å²) >= 11 is 0. The van der Waals surface area contributed by atoms with Crippen LogP contribution in [0.25, 0.3) is 16.7 Å². The number of piperazine rings is 1. The zero-order chi connectivity index (χ0) is 30.1. The number of Topliss-reactive ketones (excluding diaryl/α,β-unsaturated/α-hetero) is 1. The van der Waals surface area contributed by atoms with E-state index in [4.69, 9.17) is 0 Å². The molecule has 0 radical (unpaired) electrons. The van der Waals surface area contributed by atoms with E-state index in [1.807, 2.05) is 4.90 Å². The highest BCUT2D eigenvalue weighted by atomic mass is 19.1. The first-order valence-electron chi connectivity index (χ1n) is 13.7. The monoisotopic (exact) mass is 573 g/mol. The van der Waals surface area contributed by atoms with Crippen molar-refractivity contribution < 1.29 is 38.5 Å². The van der Waals surface area contributed by atoms with Crippen molar-refractivity contribution in [3.05, 3.63) is 29.3 Å². The lowest BCUT2D eigenvalue weighted by Crippen LogP contribution is -2.46. The average Bonchev–Trinajstić information content (AvgIpc) is 3.31. The third-order valence-corrected chi connectivity index (χ3v) is 8.25. The molecule has 3 N–H and O–H groups in total. The van der Waals surface area contributed by atoms with Gasteiger partial charge in [-0.2, -0.15) is 0 Å². The number of likely N-dealkylation sites (N-methyl/N-ethyl adjacent to an activating group) is 1. The standard InChI is InChI=1S/C28H36FN5O7/c1-5-32-10-12-33(13-11-32)22-16(2)14-18-23(21(22)29)34(19(26(38)39)15-20(35)36)25(31-18)24(37)28(3)8-6-17(7-9-28)30-27(40)41-4/h14-15,17H,5-13H2,1-4H3,(H,30,40)(H,35,36)(H,38,39)/b19-15-. The number of alkyl carbamates (subject to hydrolysis) is 1. The predicted molar refractivity (Wildman–Crippen MR) is 149 cm³/mol. The van der Waals surface area contributed by atoms with E-state index >= 15 is 4.39 Å². The first kappa shape index (κ1) is 30.0. The molecule has 1 aliphatic heterocycles. The van der Waals surface area contributed by atoms with E-state index in [2.05, 4.69) is 26.9 Å². The number of methoxy groups -OCH3 is 1. The number of aryl methyl sites for hydroxylation is 1. The third-order valence-electron chi connectivity index (χ3n) is 8.25. The van der Waals surface area contributed by atoms with Gasteiger partial charge in [-0.3, -0.25) is 9.36 Å². The molecule has 0 spiro atoms. The minimum Gasteiger partial charge on any atom is -0.478 e. The Labute approximate surface area is 236 Å². The van der Waals surface area contributed by atoms with E-state index in [1.54, 1.807) is 19.9 Å². The fourth-order valence-electron chi connectivity index (χ4n) is 5.83. The second-order valence-corrected chi connectivity index (χ2v) is 10.9. The second kappa shape index (κ2) is 11.9. The van der Waals surface area contributed by atoms with Crippen molar-refractivity contribution in [2.75, 3.05) is 44.7 Å². The number of ketones is 1. The third kappa shape index (κ3) is 5.90. The van der Waals surface area contributed by atoms with Gasteiger partial charge in [0.15, 0.2) is 11.6 Å². The maximum atomic E-state index is 16.5. The van der Waals surface area contributed by atoms with E-state index in [0.717, 1.165) is 24.2 Å². The van der Waals surface area contributed by atoms with Crippen LogP contribution in [0.5, 0.6) is 0 Å². The van der Waals surface area contributed by atoms with E-state index in [-0.39, 0.29) is 28.6 Å². The zero-order valence-corrected chi connectivity index (χ0v) is 23.7. The fraction of sp³-hybridized carbons (Fsp3) is 0.536. The number of aromatic nitrogens is 2. The molecule has 13 heteroatoms. The average molecular weight is 574 g/mol. The summed E-state index contributed by atoms with van der Waals surface area (Å²) in [7, 11) is 1.26. The Morgan fingerprint density at radius 3 is 2.34 bits per heavy atom. The maximum Gasteiger partial charge on any atom is 0.407 e. The number of amides is 1. The highest BCUT2D eigenvalue weighted by molar-refractivity contribution is 6.17. The zero-order valence-electron chi connectivity index (χ0n) is 23.7. The molecule has 0 bridgehead atoms. The molecule has 1 saturated heterocycles. The Morgan fingerprint density at radius 2 is 1.80 bits per heavy atom. The molecule has 12 nitrogen and oxygen atoms in total. The summed E-state index contributed by atoms with van der Waals surface area (Å²) in [6.45, 7) is 8.91. The summed E-state index contributed by atoms with van der Waals surface area (Å²) in [4.78, 5) is 58.2. The number of carboxylic acids is 2. The molecule has 1 amide bonds. The summed E-state index contributed by atoms with van der Waals surface area (Å²) in [5, 5.41) is 22.2. The Kier molecular flexibility index (Phi) is 8.66. The van der Waals surface area contributed by atoms with Gasteiger partial charge in [-0.1, -0.05) is 13.8 Å². The quantitative estimate of drug-likeness (QED) is 0.317. The van der Waals surface area contributed by atoms with Crippen molar-refractivity contribution in [2.45, 2.75) is 52.5 Å². The van der Waals surface area contributed by atoms with Gasteiger partial charge in [0, 0.05) is 37.6 Å². The van der Waals surface area contributed by atoms with Crippen LogP contribution in [0.4, 0.5) is 14.9 Å². The Balaban J connectivity index is 1.84. The van der Waals surface area contributed by atoms with Crippen molar-refractivity contribution in [1.29, 1.82) is 0 Å². The number of aliphatic carboxylic acids is 2. The van der Waals surface area contributed by atoms with Crippen LogP contribution < -0.4 is 10.2 Å². The number of anilines is 1. The molecule has 222 valence electrons. The van der Waals surface area contributed by atoms with Gasteiger partial charge in [-0.15, -0.1) is 0 Å². The topological polar surface area (TPSA) is 154 Å². The molecular formula is C28H36FN5O7. The summed E-state index contributed by atoms with van der Waals surface area (Å²) in [5.41, 5.74) is -1.16. The van der Waals surface area contributed by atoms with Gasteiger partial charge in [0.2, 0.25) is 5.78 Å². The van der Waals surface area contributed by atoms with Gasteiger partial charge >= 0.3 is 18.0 Å². The van der Waals surface area contributed by atoms with Crippen molar-refractivity contribution in [3.8, 4) is 0 Å². The smallest absolute Gasteiger partial charge is 0.407 e. The summed E-state index contributed by atoms with van der Waals surface area (Å²) in [5.74, 6) is -4.84. The van der Waals surface area contributed by atoms with Crippen LogP contribution in [0.2, 0.25) is 0 Å². The van der Waals surface area contributed by atoms with Gasteiger partial charge in [0.1, 0.15) is 11.2 Å². The van der Waals surface area contributed by atoms with Crippen LogP contribution in [0.1, 0.15) is 55.7 Å². The first-order valence-corrected chi connectivity index (χ1v) is 13.7. The van der Waals surface area contributed by atoms with Crippen LogP contribution in [0, 0.1) is 18.2 Å². The number of hydrogen-bond donors (Lipinski definition) is 3. The molecule has 2 aromatic rings. The number of rotatable bonds is 8. The molecule has 1 aliphatic carbocycles. The molecule has 0 unspecified atom stereocenters. The van der Waals surface area contributed by atoms with Crippen LogP contribution in [-0.4, -0.2) is 94.4 Å². The number of halogens is 1. The van der Waals surface area contributed by atoms with Gasteiger partial charge in [-0.25, -0.2) is 23.8 Å². The molecular weight excluding hydrogens is 537 g/mol. The lowest BCUT2D eigenvalue weighted by molar-refractivity contribution is -0.133. The Bertz CT molecular complexity index is 1400. The van der Waals surface area contributed by atoms with Crippen molar-refractivity contribution in [2.24, 2.45) is 5.41 Å². The highest BCUT2D eigenvalue weighted by Gasteiger charge is 2.42. The van der Waals surface area contributed by atoms with Gasteiger partial charge in [0.05, 0.1) is 24.4 Å². The van der Waals surface area contributed by atoms with E-state index in [1.165, 1.54) is 7.11 Å². The SMILES string of the molecule is CCN1CCN(c2c(C)cc3nc(C(=O)C4(C)CCC(NC(=O)OC)CC4)n(/C(=C\C(=O)O)C(=O)O)c3c2F)CC1. The first-order chi connectivity index (χ1) is 19.4. The number of ether oxygens (including phenoxy) is 1. The molecule has 2 fully saturated rings. The molecule has 1 aromatic carbocycles. The Hall–Kier alpha value is -4.00.